The fraction of sp³-hybridized carbons (Fsp3) is 0.700. The number of benzene rings is 1. The van der Waals surface area contributed by atoms with Gasteiger partial charge in [0.1, 0.15) is 11.5 Å². The minimum Gasteiger partial charge on any atom is -0.494 e. The van der Waals surface area contributed by atoms with Gasteiger partial charge in [-0.2, -0.15) is 0 Å². The van der Waals surface area contributed by atoms with Crippen molar-refractivity contribution in [2.45, 2.75) is 52.5 Å². The van der Waals surface area contributed by atoms with E-state index in [1.807, 2.05) is 26.0 Å². The van der Waals surface area contributed by atoms with E-state index in [1.54, 1.807) is 0 Å². The smallest absolute Gasteiger partial charge is 0.126 e. The van der Waals surface area contributed by atoms with Crippen molar-refractivity contribution in [3.8, 4) is 11.5 Å². The number of nitrogens with zero attached hydrogens (tertiary/aromatic N) is 1. The van der Waals surface area contributed by atoms with Gasteiger partial charge in [-0.3, -0.25) is 0 Å². The van der Waals surface area contributed by atoms with Crippen LogP contribution in [0.3, 0.4) is 0 Å². The third-order valence-electron chi connectivity index (χ3n) is 5.12. The van der Waals surface area contributed by atoms with Crippen molar-refractivity contribution in [2.24, 2.45) is 11.7 Å². The first-order chi connectivity index (χ1) is 11.6. The molecule has 0 spiro atoms. The standard InChI is InChI=1S/C20H34N2O2/c1-5-23-17-7-8-18(20(13-17)24-6-2)19(14-21)16-9-11-22(12-10-16)15(3)4/h7-8,13,15-16,19H,5-6,9-12,14,21H2,1-4H3. The van der Waals surface area contributed by atoms with Crippen LogP contribution in [0.5, 0.6) is 11.5 Å². The molecule has 4 nitrogen and oxygen atoms in total. The second-order valence-corrected chi connectivity index (χ2v) is 6.87. The summed E-state index contributed by atoms with van der Waals surface area (Å²) in [6, 6.07) is 6.86. The fourth-order valence-corrected chi connectivity index (χ4v) is 3.77. The molecular formula is C20H34N2O2. The third kappa shape index (κ3) is 4.64. The molecule has 1 atom stereocenters. The Labute approximate surface area is 147 Å². The molecule has 0 radical (unpaired) electrons. The van der Waals surface area contributed by atoms with Gasteiger partial charge < -0.3 is 20.1 Å². The molecule has 136 valence electrons. The van der Waals surface area contributed by atoms with E-state index in [9.17, 15) is 0 Å². The van der Waals surface area contributed by atoms with Crippen LogP contribution in [-0.2, 0) is 0 Å². The zero-order valence-corrected chi connectivity index (χ0v) is 15.8. The maximum atomic E-state index is 6.19. The quantitative estimate of drug-likeness (QED) is 0.788. The van der Waals surface area contributed by atoms with Gasteiger partial charge in [0, 0.05) is 18.0 Å². The summed E-state index contributed by atoms with van der Waals surface area (Å²) in [5.74, 6) is 2.79. The molecule has 1 aliphatic rings. The molecule has 1 unspecified atom stereocenters. The molecular weight excluding hydrogens is 300 g/mol. The maximum absolute atomic E-state index is 6.19. The lowest BCUT2D eigenvalue weighted by Crippen LogP contribution is -2.40. The van der Waals surface area contributed by atoms with E-state index < -0.39 is 0 Å². The molecule has 1 aromatic carbocycles. The van der Waals surface area contributed by atoms with Crippen LogP contribution >= 0.6 is 0 Å². The molecule has 0 amide bonds. The number of nitrogens with two attached hydrogens (primary N) is 1. The summed E-state index contributed by atoms with van der Waals surface area (Å²) in [5, 5.41) is 0. The highest BCUT2D eigenvalue weighted by Crippen LogP contribution is 2.38. The van der Waals surface area contributed by atoms with Crippen LogP contribution < -0.4 is 15.2 Å². The summed E-state index contributed by atoms with van der Waals surface area (Å²) in [6.07, 6.45) is 2.41. The first kappa shape index (κ1) is 19.1. The van der Waals surface area contributed by atoms with Crippen molar-refractivity contribution in [1.82, 2.24) is 4.90 Å². The van der Waals surface area contributed by atoms with Crippen molar-refractivity contribution in [3.05, 3.63) is 23.8 Å². The van der Waals surface area contributed by atoms with Crippen molar-refractivity contribution in [2.75, 3.05) is 32.8 Å². The Kier molecular flexibility index (Phi) is 7.38. The molecule has 1 aliphatic heterocycles. The Hall–Kier alpha value is -1.26. The molecule has 1 aromatic rings. The van der Waals surface area contributed by atoms with Gasteiger partial charge in [-0.05, 0) is 77.7 Å². The van der Waals surface area contributed by atoms with Gasteiger partial charge in [0.15, 0.2) is 0 Å². The molecule has 24 heavy (non-hydrogen) atoms. The number of likely N-dealkylation sites (tertiary alicyclic amines) is 1. The second-order valence-electron chi connectivity index (χ2n) is 6.87. The fourth-order valence-electron chi connectivity index (χ4n) is 3.77. The third-order valence-corrected chi connectivity index (χ3v) is 5.12. The molecule has 2 rings (SSSR count). The average Bonchev–Trinajstić information content (AvgIpc) is 2.58. The summed E-state index contributed by atoms with van der Waals surface area (Å²) < 4.78 is 11.5. The van der Waals surface area contributed by atoms with Crippen LogP contribution in [0.1, 0.15) is 52.0 Å². The second kappa shape index (κ2) is 9.28. The Bertz CT molecular complexity index is 496. The van der Waals surface area contributed by atoms with Crippen molar-refractivity contribution in [1.29, 1.82) is 0 Å². The highest BCUT2D eigenvalue weighted by molar-refractivity contribution is 5.43. The Balaban J connectivity index is 2.17. The minimum atomic E-state index is 0.358. The molecule has 0 aliphatic carbocycles. The number of ether oxygens (including phenoxy) is 2. The zero-order chi connectivity index (χ0) is 17.5. The van der Waals surface area contributed by atoms with E-state index in [0.29, 0.717) is 37.6 Å². The Morgan fingerprint density at radius 2 is 1.79 bits per heavy atom. The first-order valence-electron chi connectivity index (χ1n) is 9.44. The van der Waals surface area contributed by atoms with Crippen molar-refractivity contribution >= 4 is 0 Å². The number of piperidine rings is 1. The molecule has 4 heteroatoms. The monoisotopic (exact) mass is 334 g/mol. The van der Waals surface area contributed by atoms with Gasteiger partial charge in [0.2, 0.25) is 0 Å². The summed E-state index contributed by atoms with van der Waals surface area (Å²) in [7, 11) is 0. The lowest BCUT2D eigenvalue weighted by Gasteiger charge is -2.38. The summed E-state index contributed by atoms with van der Waals surface area (Å²) in [6.45, 7) is 12.9. The summed E-state index contributed by atoms with van der Waals surface area (Å²) >= 11 is 0. The van der Waals surface area contributed by atoms with Gasteiger partial charge in [-0.25, -0.2) is 0 Å². The minimum absolute atomic E-state index is 0.358. The average molecular weight is 335 g/mol. The van der Waals surface area contributed by atoms with Crippen LogP contribution in [0, 0.1) is 5.92 Å². The highest BCUT2D eigenvalue weighted by Gasteiger charge is 2.29. The van der Waals surface area contributed by atoms with Crippen molar-refractivity contribution < 1.29 is 9.47 Å². The normalized spacial score (nSPS) is 17.9. The van der Waals surface area contributed by atoms with Crippen LogP contribution in [0.2, 0.25) is 0 Å². The molecule has 1 fully saturated rings. The number of hydrogen-bond donors (Lipinski definition) is 1. The van der Waals surface area contributed by atoms with E-state index >= 15 is 0 Å². The van der Waals surface area contributed by atoms with Gasteiger partial charge in [-0.1, -0.05) is 6.07 Å². The molecule has 2 N–H and O–H groups in total. The van der Waals surface area contributed by atoms with E-state index in [2.05, 4.69) is 24.8 Å². The van der Waals surface area contributed by atoms with Gasteiger partial charge in [0.05, 0.1) is 13.2 Å². The Morgan fingerprint density at radius 3 is 2.33 bits per heavy atom. The molecule has 1 heterocycles. The Morgan fingerprint density at radius 1 is 1.12 bits per heavy atom. The van der Waals surface area contributed by atoms with E-state index in [-0.39, 0.29) is 0 Å². The van der Waals surface area contributed by atoms with Crippen LogP contribution in [0.25, 0.3) is 0 Å². The number of rotatable bonds is 8. The topological polar surface area (TPSA) is 47.7 Å². The molecule has 0 saturated carbocycles. The zero-order valence-electron chi connectivity index (χ0n) is 15.8. The SMILES string of the molecule is CCOc1ccc(C(CN)C2CCN(C(C)C)CC2)c(OCC)c1. The van der Waals surface area contributed by atoms with Gasteiger partial charge in [0.25, 0.3) is 0 Å². The molecule has 0 aromatic heterocycles. The largest absolute Gasteiger partial charge is 0.494 e. The maximum Gasteiger partial charge on any atom is 0.126 e. The van der Waals surface area contributed by atoms with E-state index in [4.69, 9.17) is 15.2 Å². The molecule has 0 bridgehead atoms. The first-order valence-corrected chi connectivity index (χ1v) is 9.44. The van der Waals surface area contributed by atoms with E-state index in [0.717, 1.165) is 11.5 Å². The lowest BCUT2D eigenvalue weighted by molar-refractivity contribution is 0.137. The summed E-state index contributed by atoms with van der Waals surface area (Å²) in [4.78, 5) is 2.56. The van der Waals surface area contributed by atoms with Crippen LogP contribution in [0.4, 0.5) is 0 Å². The number of hydrogen-bond acceptors (Lipinski definition) is 4. The lowest BCUT2D eigenvalue weighted by atomic mass is 9.79. The highest BCUT2D eigenvalue weighted by atomic mass is 16.5. The van der Waals surface area contributed by atoms with Gasteiger partial charge >= 0.3 is 0 Å². The summed E-state index contributed by atoms with van der Waals surface area (Å²) in [5.41, 5.74) is 7.43. The molecule has 1 saturated heterocycles. The predicted octanol–water partition coefficient (Wildman–Crippen LogP) is 3.65. The van der Waals surface area contributed by atoms with Crippen molar-refractivity contribution in [3.63, 3.8) is 0 Å². The van der Waals surface area contributed by atoms with Crippen LogP contribution in [-0.4, -0.2) is 43.8 Å². The van der Waals surface area contributed by atoms with Gasteiger partial charge in [-0.15, -0.1) is 0 Å². The van der Waals surface area contributed by atoms with E-state index in [1.165, 1.54) is 31.5 Å². The predicted molar refractivity (Wildman–Crippen MR) is 100 cm³/mol. The van der Waals surface area contributed by atoms with Crippen LogP contribution in [0.15, 0.2) is 18.2 Å².